The molecule has 0 spiro atoms. The van der Waals surface area contributed by atoms with Crippen LogP contribution < -0.4 is 9.80 Å². The average Bonchev–Trinajstić information content (AvgIpc) is 3.58. The van der Waals surface area contributed by atoms with E-state index < -0.39 is 0 Å². The molecule has 0 aliphatic rings. The van der Waals surface area contributed by atoms with Gasteiger partial charge in [0.15, 0.2) is 0 Å². The molecule has 5 nitrogen and oxygen atoms in total. The van der Waals surface area contributed by atoms with Crippen LogP contribution in [0, 0.1) is 6.92 Å². The van der Waals surface area contributed by atoms with Crippen molar-refractivity contribution in [3.05, 3.63) is 212 Å². The van der Waals surface area contributed by atoms with Crippen molar-refractivity contribution in [2.24, 2.45) is 0 Å². The smallest absolute Gasteiger partial charge is 0.0894 e. The number of para-hydroxylation sites is 6. The summed E-state index contributed by atoms with van der Waals surface area (Å²) in [5.74, 6) is 0. The van der Waals surface area contributed by atoms with Gasteiger partial charge in [-0.05, 0) is 116 Å². The lowest BCUT2D eigenvalue weighted by Crippen LogP contribution is -2.09. The molecule has 0 aliphatic carbocycles. The van der Waals surface area contributed by atoms with Gasteiger partial charge in [-0.2, -0.15) is 0 Å². The molecular weight excluding hydrogens is 683 g/mol. The maximum absolute atomic E-state index is 5.02. The fourth-order valence-electron chi connectivity index (χ4n) is 7.85. The van der Waals surface area contributed by atoms with Crippen molar-refractivity contribution in [1.29, 1.82) is 0 Å². The molecule has 0 bridgehead atoms. The van der Waals surface area contributed by atoms with Gasteiger partial charge in [0.05, 0.1) is 34.0 Å². The summed E-state index contributed by atoms with van der Waals surface area (Å²) >= 11 is 0. The summed E-state index contributed by atoms with van der Waals surface area (Å²) in [6, 6.07) is 70.7. The minimum Gasteiger partial charge on any atom is -0.310 e. The Hall–Kier alpha value is -7.50. The van der Waals surface area contributed by atoms with E-state index in [0.29, 0.717) is 0 Å². The molecule has 10 rings (SSSR count). The Balaban J connectivity index is 1.22. The summed E-state index contributed by atoms with van der Waals surface area (Å²) in [7, 11) is 0. The summed E-state index contributed by atoms with van der Waals surface area (Å²) in [5.41, 5.74) is 14.7. The Bertz CT molecular complexity index is 2760. The van der Waals surface area contributed by atoms with Gasteiger partial charge < -0.3 is 14.4 Å². The van der Waals surface area contributed by atoms with Crippen molar-refractivity contribution >= 4 is 67.0 Å². The first-order valence-electron chi connectivity index (χ1n) is 18.9. The van der Waals surface area contributed by atoms with Gasteiger partial charge in [-0.25, -0.2) is 4.98 Å². The Morgan fingerprint density at radius 1 is 0.411 bits per heavy atom. The van der Waals surface area contributed by atoms with E-state index in [1.54, 1.807) is 0 Å². The molecule has 8 aromatic carbocycles. The first-order valence-corrected chi connectivity index (χ1v) is 18.9. The predicted molar refractivity (Wildman–Crippen MR) is 233 cm³/mol. The van der Waals surface area contributed by atoms with E-state index in [1.165, 1.54) is 5.56 Å². The summed E-state index contributed by atoms with van der Waals surface area (Å²) in [4.78, 5) is 14.4. The fourth-order valence-corrected chi connectivity index (χ4v) is 7.85. The highest BCUT2D eigenvalue weighted by Gasteiger charge is 2.21. The molecule has 0 N–H and O–H groups in total. The number of fused-ring (bicyclic) bond motifs is 4. The third-order valence-corrected chi connectivity index (χ3v) is 10.5. The normalized spacial score (nSPS) is 11.3. The SMILES string of the molecule is Cc1ccc(-c2cnc3ccccc3n2)cc1-n1c2ccc(N(c3ccccc3)c3ccccc3)cc2c2cc(N(c3ccccc3)c3ccccc3)ccc21. The van der Waals surface area contributed by atoms with Crippen molar-refractivity contribution in [2.45, 2.75) is 6.92 Å². The lowest BCUT2D eigenvalue weighted by Gasteiger charge is -2.26. The second-order valence-corrected chi connectivity index (χ2v) is 14.0. The van der Waals surface area contributed by atoms with E-state index in [4.69, 9.17) is 9.97 Å². The zero-order valence-corrected chi connectivity index (χ0v) is 30.9. The summed E-state index contributed by atoms with van der Waals surface area (Å²) < 4.78 is 2.41. The van der Waals surface area contributed by atoms with Crippen LogP contribution in [0.4, 0.5) is 34.1 Å². The second-order valence-electron chi connectivity index (χ2n) is 14.0. The molecule has 2 aromatic heterocycles. The topological polar surface area (TPSA) is 37.2 Å². The lowest BCUT2D eigenvalue weighted by molar-refractivity contribution is 1.15. The Morgan fingerprint density at radius 2 is 0.857 bits per heavy atom. The second kappa shape index (κ2) is 14.0. The number of rotatable bonds is 8. The van der Waals surface area contributed by atoms with E-state index in [0.717, 1.165) is 83.9 Å². The molecule has 266 valence electrons. The quantitative estimate of drug-likeness (QED) is 0.157. The first-order chi connectivity index (χ1) is 27.7. The molecule has 56 heavy (non-hydrogen) atoms. The Kier molecular flexibility index (Phi) is 8.30. The predicted octanol–water partition coefficient (Wildman–Crippen LogP) is 13.6. The molecule has 0 amide bonds. The summed E-state index contributed by atoms with van der Waals surface area (Å²) in [6.45, 7) is 2.19. The molecular formula is C51H37N5. The highest BCUT2D eigenvalue weighted by Crippen LogP contribution is 2.43. The van der Waals surface area contributed by atoms with E-state index >= 15 is 0 Å². The highest BCUT2D eigenvalue weighted by atomic mass is 15.1. The van der Waals surface area contributed by atoms with Gasteiger partial charge in [0.25, 0.3) is 0 Å². The number of aryl methyl sites for hydroxylation is 1. The van der Waals surface area contributed by atoms with Crippen LogP contribution in [-0.4, -0.2) is 14.5 Å². The molecule has 0 fully saturated rings. The van der Waals surface area contributed by atoms with Crippen LogP contribution in [-0.2, 0) is 0 Å². The third kappa shape index (κ3) is 5.92. The maximum Gasteiger partial charge on any atom is 0.0894 e. The summed E-state index contributed by atoms with van der Waals surface area (Å²) in [5, 5.41) is 2.32. The Labute approximate surface area is 326 Å². The van der Waals surface area contributed by atoms with Gasteiger partial charge in [0, 0.05) is 56.1 Å². The van der Waals surface area contributed by atoms with Crippen LogP contribution in [0.25, 0.3) is 49.8 Å². The number of aromatic nitrogens is 3. The number of anilines is 6. The van der Waals surface area contributed by atoms with Gasteiger partial charge in [-0.3, -0.25) is 4.98 Å². The van der Waals surface area contributed by atoms with Gasteiger partial charge in [0.1, 0.15) is 0 Å². The zero-order valence-electron chi connectivity index (χ0n) is 30.9. The molecule has 0 unspecified atom stereocenters. The monoisotopic (exact) mass is 719 g/mol. The molecule has 0 atom stereocenters. The number of nitrogens with zero attached hydrogens (tertiary/aromatic N) is 5. The minimum atomic E-state index is 0.845. The van der Waals surface area contributed by atoms with Crippen LogP contribution in [0.2, 0.25) is 0 Å². The zero-order chi connectivity index (χ0) is 37.4. The Morgan fingerprint density at radius 3 is 1.34 bits per heavy atom. The lowest BCUT2D eigenvalue weighted by atomic mass is 10.1. The van der Waals surface area contributed by atoms with Gasteiger partial charge in [-0.15, -0.1) is 0 Å². The minimum absolute atomic E-state index is 0.845. The van der Waals surface area contributed by atoms with Gasteiger partial charge in [0.2, 0.25) is 0 Å². The van der Waals surface area contributed by atoms with Crippen LogP contribution in [0.3, 0.4) is 0 Å². The first kappa shape index (κ1) is 33.1. The van der Waals surface area contributed by atoms with Crippen LogP contribution >= 0.6 is 0 Å². The molecule has 2 heterocycles. The van der Waals surface area contributed by atoms with Crippen LogP contribution in [0.5, 0.6) is 0 Å². The van der Waals surface area contributed by atoms with Crippen molar-refractivity contribution in [3.8, 4) is 16.9 Å². The third-order valence-electron chi connectivity index (χ3n) is 10.5. The van der Waals surface area contributed by atoms with Crippen molar-refractivity contribution < 1.29 is 0 Å². The van der Waals surface area contributed by atoms with Crippen molar-refractivity contribution in [2.75, 3.05) is 9.80 Å². The number of hydrogen-bond donors (Lipinski definition) is 0. The van der Waals surface area contributed by atoms with E-state index in [2.05, 4.69) is 197 Å². The molecule has 0 aliphatic heterocycles. The molecule has 0 saturated carbocycles. The van der Waals surface area contributed by atoms with Gasteiger partial charge >= 0.3 is 0 Å². The van der Waals surface area contributed by atoms with E-state index in [9.17, 15) is 0 Å². The van der Waals surface area contributed by atoms with Crippen LogP contribution in [0.15, 0.2) is 206 Å². The van der Waals surface area contributed by atoms with Crippen molar-refractivity contribution in [3.63, 3.8) is 0 Å². The number of benzene rings is 8. The highest BCUT2D eigenvalue weighted by molar-refractivity contribution is 6.12. The molecule has 5 heteroatoms. The molecule has 0 saturated heterocycles. The summed E-state index contributed by atoms with van der Waals surface area (Å²) in [6.07, 6.45) is 1.88. The van der Waals surface area contributed by atoms with Crippen molar-refractivity contribution in [1.82, 2.24) is 14.5 Å². The largest absolute Gasteiger partial charge is 0.310 e. The van der Waals surface area contributed by atoms with E-state index in [1.807, 2.05) is 30.5 Å². The molecule has 0 radical (unpaired) electrons. The molecule has 10 aromatic rings. The van der Waals surface area contributed by atoms with Gasteiger partial charge in [-0.1, -0.05) is 97.1 Å². The standard InChI is InChI=1S/C51H37N5/c1-36-26-27-37(48-35-52-46-24-14-15-25-47(46)53-48)32-51(36)56-49-30-28-42(54(38-16-6-2-7-17-38)39-18-8-3-9-19-39)33-44(49)45-34-43(29-31-50(45)56)55(40-20-10-4-11-21-40)41-22-12-5-13-23-41/h2-35H,1H3. The average molecular weight is 720 g/mol. The van der Waals surface area contributed by atoms with Crippen LogP contribution in [0.1, 0.15) is 5.56 Å². The maximum atomic E-state index is 5.02. The number of hydrogen-bond acceptors (Lipinski definition) is 4. The fraction of sp³-hybridized carbons (Fsp3) is 0.0196. The van der Waals surface area contributed by atoms with E-state index in [-0.39, 0.29) is 0 Å².